The van der Waals surface area contributed by atoms with E-state index >= 15 is 0 Å². The van der Waals surface area contributed by atoms with Gasteiger partial charge in [0.1, 0.15) is 0 Å². The second kappa shape index (κ2) is 4.43. The molecule has 0 aromatic heterocycles. The van der Waals surface area contributed by atoms with Crippen LogP contribution in [0.1, 0.15) is 43.9 Å². The monoisotopic (exact) mass is 189 g/mol. The summed E-state index contributed by atoms with van der Waals surface area (Å²) in [7, 11) is 0. The second-order valence-electron chi connectivity index (χ2n) is 4.15. The Bertz CT molecular complexity index is 309. The summed E-state index contributed by atoms with van der Waals surface area (Å²) in [5, 5.41) is 0. The quantitative estimate of drug-likeness (QED) is 0.725. The van der Waals surface area contributed by atoms with Crippen molar-refractivity contribution in [2.45, 2.75) is 32.7 Å². The summed E-state index contributed by atoms with van der Waals surface area (Å²) in [4.78, 5) is 0. The van der Waals surface area contributed by atoms with E-state index in [9.17, 15) is 0 Å². The van der Waals surface area contributed by atoms with Gasteiger partial charge in [-0.05, 0) is 24.0 Å². The molecule has 1 aromatic rings. The zero-order valence-corrected chi connectivity index (χ0v) is 9.25. The maximum Gasteiger partial charge on any atom is 0.0505 e. The number of nitrogens with two attached hydrogens (primary N) is 1. The lowest BCUT2D eigenvalue weighted by Gasteiger charge is -2.13. The average molecular weight is 189 g/mol. The van der Waals surface area contributed by atoms with Crippen molar-refractivity contribution in [3.8, 4) is 0 Å². The van der Waals surface area contributed by atoms with Crippen LogP contribution in [0.5, 0.6) is 0 Å². The molecule has 0 heterocycles. The van der Waals surface area contributed by atoms with Crippen molar-refractivity contribution >= 4 is 0 Å². The third kappa shape index (κ3) is 2.46. The zero-order chi connectivity index (χ0) is 10.7. The summed E-state index contributed by atoms with van der Waals surface area (Å²) in [5.74, 6) is 0.574. The lowest BCUT2D eigenvalue weighted by Crippen LogP contribution is -2.10. The standard InChI is InChI=1S/C13H19N/c1-9(2)11-5-7-12(8-6-11)13(14)10(3)4/h5-9,13H,3,14H2,1-2,4H3. The summed E-state index contributed by atoms with van der Waals surface area (Å²) >= 11 is 0. The molecule has 0 aliphatic carbocycles. The Morgan fingerprint density at radius 3 is 1.93 bits per heavy atom. The van der Waals surface area contributed by atoms with Gasteiger partial charge in [-0.2, -0.15) is 0 Å². The molecule has 0 fully saturated rings. The van der Waals surface area contributed by atoms with Crippen molar-refractivity contribution < 1.29 is 0 Å². The summed E-state index contributed by atoms with van der Waals surface area (Å²) in [6.07, 6.45) is 0. The maximum atomic E-state index is 5.96. The van der Waals surface area contributed by atoms with Gasteiger partial charge >= 0.3 is 0 Å². The Hall–Kier alpha value is -1.08. The van der Waals surface area contributed by atoms with Crippen LogP contribution in [0, 0.1) is 0 Å². The molecule has 0 amide bonds. The molecule has 0 saturated heterocycles. The molecule has 1 heteroatoms. The molecular weight excluding hydrogens is 170 g/mol. The summed E-state index contributed by atoms with van der Waals surface area (Å²) in [6.45, 7) is 10.2. The molecule has 1 rings (SSSR count). The van der Waals surface area contributed by atoms with Gasteiger partial charge in [-0.3, -0.25) is 0 Å². The topological polar surface area (TPSA) is 26.0 Å². The molecule has 14 heavy (non-hydrogen) atoms. The van der Waals surface area contributed by atoms with Gasteiger partial charge in [0.05, 0.1) is 6.04 Å². The first kappa shape index (κ1) is 11.0. The van der Waals surface area contributed by atoms with Gasteiger partial charge < -0.3 is 5.73 Å². The van der Waals surface area contributed by atoms with E-state index < -0.39 is 0 Å². The second-order valence-corrected chi connectivity index (χ2v) is 4.15. The minimum Gasteiger partial charge on any atom is -0.321 e. The normalized spacial score (nSPS) is 12.9. The Labute approximate surface area is 86.6 Å². The average Bonchev–Trinajstić information content (AvgIpc) is 2.16. The van der Waals surface area contributed by atoms with E-state index in [2.05, 4.69) is 44.7 Å². The van der Waals surface area contributed by atoms with Crippen LogP contribution in [0.2, 0.25) is 0 Å². The molecule has 1 aromatic carbocycles. The van der Waals surface area contributed by atoms with Gasteiger partial charge in [-0.1, -0.05) is 50.3 Å². The van der Waals surface area contributed by atoms with E-state index in [0.717, 1.165) is 11.1 Å². The maximum absolute atomic E-state index is 5.96. The SMILES string of the molecule is C=C(C)C(N)c1ccc(C(C)C)cc1. The van der Waals surface area contributed by atoms with Crippen LogP contribution in [0.15, 0.2) is 36.4 Å². The van der Waals surface area contributed by atoms with Crippen LogP contribution in [0.25, 0.3) is 0 Å². The molecule has 1 nitrogen and oxygen atoms in total. The van der Waals surface area contributed by atoms with Gasteiger partial charge in [0.25, 0.3) is 0 Å². The van der Waals surface area contributed by atoms with E-state index in [0.29, 0.717) is 5.92 Å². The summed E-state index contributed by atoms with van der Waals surface area (Å²) in [6, 6.07) is 8.44. The lowest BCUT2D eigenvalue weighted by molar-refractivity contribution is 0.836. The van der Waals surface area contributed by atoms with Crippen LogP contribution in [-0.4, -0.2) is 0 Å². The highest BCUT2D eigenvalue weighted by Gasteiger charge is 2.06. The first-order valence-corrected chi connectivity index (χ1v) is 5.03. The smallest absolute Gasteiger partial charge is 0.0505 e. The number of hydrogen-bond donors (Lipinski definition) is 1. The molecule has 0 bridgehead atoms. The van der Waals surface area contributed by atoms with Crippen LogP contribution < -0.4 is 5.73 Å². The predicted molar refractivity (Wildman–Crippen MR) is 62.3 cm³/mol. The lowest BCUT2D eigenvalue weighted by atomic mass is 9.97. The summed E-state index contributed by atoms with van der Waals surface area (Å²) in [5.41, 5.74) is 9.46. The summed E-state index contributed by atoms with van der Waals surface area (Å²) < 4.78 is 0. The molecule has 0 spiro atoms. The van der Waals surface area contributed by atoms with Crippen molar-refractivity contribution in [1.82, 2.24) is 0 Å². The fourth-order valence-corrected chi connectivity index (χ4v) is 1.37. The van der Waals surface area contributed by atoms with Crippen LogP contribution in [-0.2, 0) is 0 Å². The number of hydrogen-bond acceptors (Lipinski definition) is 1. The third-order valence-corrected chi connectivity index (χ3v) is 2.49. The Morgan fingerprint density at radius 1 is 1.14 bits per heavy atom. The molecule has 0 saturated carbocycles. The van der Waals surface area contributed by atoms with E-state index in [1.54, 1.807) is 0 Å². The molecule has 76 valence electrons. The van der Waals surface area contributed by atoms with Crippen LogP contribution in [0.4, 0.5) is 0 Å². The highest BCUT2D eigenvalue weighted by atomic mass is 14.6. The Kier molecular flexibility index (Phi) is 3.48. The van der Waals surface area contributed by atoms with Crippen molar-refractivity contribution in [2.24, 2.45) is 5.73 Å². The molecule has 0 aliphatic rings. The number of rotatable bonds is 3. The highest BCUT2D eigenvalue weighted by molar-refractivity contribution is 5.30. The van der Waals surface area contributed by atoms with Gasteiger partial charge in [-0.25, -0.2) is 0 Å². The zero-order valence-electron chi connectivity index (χ0n) is 9.25. The third-order valence-electron chi connectivity index (χ3n) is 2.49. The van der Waals surface area contributed by atoms with Crippen LogP contribution in [0.3, 0.4) is 0 Å². The van der Waals surface area contributed by atoms with Gasteiger partial charge in [-0.15, -0.1) is 0 Å². The van der Waals surface area contributed by atoms with Crippen molar-refractivity contribution in [3.05, 3.63) is 47.5 Å². The predicted octanol–water partition coefficient (Wildman–Crippen LogP) is 3.39. The highest BCUT2D eigenvalue weighted by Crippen LogP contribution is 2.20. The molecule has 1 atom stereocenters. The van der Waals surface area contributed by atoms with E-state index in [-0.39, 0.29) is 6.04 Å². The van der Waals surface area contributed by atoms with Crippen LogP contribution >= 0.6 is 0 Å². The molecule has 0 aliphatic heterocycles. The first-order valence-electron chi connectivity index (χ1n) is 5.03. The fraction of sp³-hybridized carbons (Fsp3) is 0.385. The molecular formula is C13H19N. The molecule has 2 N–H and O–H groups in total. The van der Waals surface area contributed by atoms with E-state index in [1.165, 1.54) is 5.56 Å². The number of benzene rings is 1. The minimum atomic E-state index is -0.0313. The van der Waals surface area contributed by atoms with Gasteiger partial charge in [0.2, 0.25) is 0 Å². The Balaban J connectivity index is 2.88. The Morgan fingerprint density at radius 2 is 1.57 bits per heavy atom. The van der Waals surface area contributed by atoms with E-state index in [1.807, 2.05) is 6.92 Å². The van der Waals surface area contributed by atoms with E-state index in [4.69, 9.17) is 5.73 Å². The fourth-order valence-electron chi connectivity index (χ4n) is 1.37. The minimum absolute atomic E-state index is 0.0313. The first-order chi connectivity index (χ1) is 6.52. The van der Waals surface area contributed by atoms with Crippen molar-refractivity contribution in [3.63, 3.8) is 0 Å². The van der Waals surface area contributed by atoms with Crippen molar-refractivity contribution in [2.75, 3.05) is 0 Å². The van der Waals surface area contributed by atoms with Crippen molar-refractivity contribution in [1.29, 1.82) is 0 Å². The molecule has 1 unspecified atom stereocenters. The van der Waals surface area contributed by atoms with Gasteiger partial charge in [0.15, 0.2) is 0 Å². The van der Waals surface area contributed by atoms with Gasteiger partial charge in [0, 0.05) is 0 Å². The molecule has 0 radical (unpaired) electrons. The largest absolute Gasteiger partial charge is 0.321 e.